The number of imide groups is 1. The fourth-order valence-corrected chi connectivity index (χ4v) is 1.36. The monoisotopic (exact) mass is 258 g/mol. The van der Waals surface area contributed by atoms with E-state index in [0.29, 0.717) is 4.90 Å². The number of amides is 2. The standard InChI is InChI=1S/C11H18N2O5/c1-4-5-18-11(17)13(8(14)6-12)9(7(2)3)10(15)16/h4,7,9H,1,5-6,12H2,2-3H3,(H,15,16)/t9-/m1/s1. The van der Waals surface area contributed by atoms with E-state index >= 15 is 0 Å². The fourth-order valence-electron chi connectivity index (χ4n) is 1.36. The molecule has 0 aliphatic heterocycles. The number of ether oxygens (including phenoxy) is 1. The maximum atomic E-state index is 11.7. The summed E-state index contributed by atoms with van der Waals surface area (Å²) in [6, 6.07) is -1.31. The lowest BCUT2D eigenvalue weighted by molar-refractivity contribution is -0.150. The highest BCUT2D eigenvalue weighted by Gasteiger charge is 2.37. The summed E-state index contributed by atoms with van der Waals surface area (Å²) < 4.78 is 4.69. The molecule has 0 fully saturated rings. The van der Waals surface area contributed by atoms with Gasteiger partial charge in [0.15, 0.2) is 0 Å². The molecule has 0 aliphatic rings. The third kappa shape index (κ3) is 4.17. The van der Waals surface area contributed by atoms with Gasteiger partial charge in [0.1, 0.15) is 12.6 Å². The first kappa shape index (κ1) is 16.1. The largest absolute Gasteiger partial charge is 0.480 e. The third-order valence-corrected chi connectivity index (χ3v) is 2.13. The molecule has 0 unspecified atom stereocenters. The van der Waals surface area contributed by atoms with Crippen molar-refractivity contribution in [3.05, 3.63) is 12.7 Å². The number of nitrogens with zero attached hydrogens (tertiary/aromatic N) is 1. The first-order chi connectivity index (χ1) is 8.36. The van der Waals surface area contributed by atoms with Gasteiger partial charge in [-0.1, -0.05) is 26.5 Å². The number of aliphatic carboxylic acids is 1. The molecule has 7 heteroatoms. The van der Waals surface area contributed by atoms with E-state index in [1.54, 1.807) is 13.8 Å². The second kappa shape index (κ2) is 7.44. The number of hydrogen-bond donors (Lipinski definition) is 2. The van der Waals surface area contributed by atoms with Crippen LogP contribution >= 0.6 is 0 Å². The van der Waals surface area contributed by atoms with Crippen molar-refractivity contribution in [2.24, 2.45) is 11.7 Å². The molecule has 0 saturated heterocycles. The first-order valence-electron chi connectivity index (χ1n) is 5.39. The lowest BCUT2D eigenvalue weighted by Crippen LogP contribution is -2.53. The van der Waals surface area contributed by atoms with Gasteiger partial charge in [-0.3, -0.25) is 4.79 Å². The van der Waals surface area contributed by atoms with Crippen LogP contribution < -0.4 is 5.73 Å². The molecule has 2 amide bonds. The molecule has 7 nitrogen and oxygen atoms in total. The zero-order valence-electron chi connectivity index (χ0n) is 10.5. The Labute approximate surface area is 105 Å². The van der Waals surface area contributed by atoms with Crippen LogP contribution in [0.15, 0.2) is 12.7 Å². The average molecular weight is 258 g/mol. The van der Waals surface area contributed by atoms with Crippen molar-refractivity contribution in [3.8, 4) is 0 Å². The third-order valence-electron chi connectivity index (χ3n) is 2.13. The van der Waals surface area contributed by atoms with Crippen molar-refractivity contribution in [2.75, 3.05) is 13.2 Å². The van der Waals surface area contributed by atoms with Crippen molar-refractivity contribution < 1.29 is 24.2 Å². The van der Waals surface area contributed by atoms with Gasteiger partial charge in [0.05, 0.1) is 6.54 Å². The topological polar surface area (TPSA) is 110 Å². The fraction of sp³-hybridized carbons (Fsp3) is 0.545. The maximum absolute atomic E-state index is 11.7. The highest BCUT2D eigenvalue weighted by atomic mass is 16.6. The molecular formula is C11H18N2O5. The molecule has 0 saturated carbocycles. The van der Waals surface area contributed by atoms with Crippen LogP contribution in [0.2, 0.25) is 0 Å². The minimum Gasteiger partial charge on any atom is -0.480 e. The summed E-state index contributed by atoms with van der Waals surface area (Å²) in [7, 11) is 0. The molecule has 0 aromatic rings. The second-order valence-electron chi connectivity index (χ2n) is 3.86. The molecule has 1 atom stereocenters. The number of carboxylic acid groups (broad SMARTS) is 1. The van der Waals surface area contributed by atoms with Crippen molar-refractivity contribution >= 4 is 18.0 Å². The molecule has 0 heterocycles. The summed E-state index contributed by atoms with van der Waals surface area (Å²) >= 11 is 0. The van der Waals surface area contributed by atoms with E-state index in [2.05, 4.69) is 11.3 Å². The van der Waals surface area contributed by atoms with Gasteiger partial charge in [-0.05, 0) is 5.92 Å². The Kier molecular flexibility index (Phi) is 6.66. The minimum atomic E-state index is -1.31. The highest BCUT2D eigenvalue weighted by Crippen LogP contribution is 2.13. The van der Waals surface area contributed by atoms with Gasteiger partial charge in [0, 0.05) is 0 Å². The number of carboxylic acids is 1. The quantitative estimate of drug-likeness (QED) is 0.659. The Hall–Kier alpha value is -1.89. The van der Waals surface area contributed by atoms with E-state index in [-0.39, 0.29) is 6.61 Å². The van der Waals surface area contributed by atoms with Gasteiger partial charge in [-0.2, -0.15) is 0 Å². The predicted octanol–water partition coefficient (Wildman–Crippen LogP) is 0.205. The Bertz CT molecular complexity index is 340. The number of hydrogen-bond acceptors (Lipinski definition) is 5. The predicted molar refractivity (Wildman–Crippen MR) is 63.7 cm³/mol. The molecule has 0 rings (SSSR count). The van der Waals surface area contributed by atoms with Crippen molar-refractivity contribution in [1.29, 1.82) is 0 Å². The molecule has 18 heavy (non-hydrogen) atoms. The van der Waals surface area contributed by atoms with Crippen LogP contribution in [-0.2, 0) is 14.3 Å². The second-order valence-corrected chi connectivity index (χ2v) is 3.86. The molecule has 0 bridgehead atoms. The number of carbonyl (C=O) groups excluding carboxylic acids is 2. The molecular weight excluding hydrogens is 240 g/mol. The summed E-state index contributed by atoms with van der Waals surface area (Å²) in [6.45, 7) is 5.92. The molecule has 0 aromatic carbocycles. The zero-order chi connectivity index (χ0) is 14.3. The first-order valence-corrected chi connectivity index (χ1v) is 5.39. The normalized spacial score (nSPS) is 11.8. The summed E-state index contributed by atoms with van der Waals surface area (Å²) in [4.78, 5) is 34.9. The van der Waals surface area contributed by atoms with E-state index in [9.17, 15) is 14.4 Å². The number of carbonyl (C=O) groups is 3. The molecule has 0 spiro atoms. The van der Waals surface area contributed by atoms with Crippen LogP contribution in [0.4, 0.5) is 4.79 Å². The minimum absolute atomic E-state index is 0.113. The lowest BCUT2D eigenvalue weighted by atomic mass is 10.0. The van der Waals surface area contributed by atoms with Crippen LogP contribution in [-0.4, -0.2) is 47.2 Å². The number of rotatable bonds is 6. The van der Waals surface area contributed by atoms with Gasteiger partial charge < -0.3 is 15.6 Å². The van der Waals surface area contributed by atoms with Crippen LogP contribution in [0.3, 0.4) is 0 Å². The van der Waals surface area contributed by atoms with Gasteiger partial charge in [0.2, 0.25) is 5.91 Å². The maximum Gasteiger partial charge on any atom is 0.417 e. The summed E-state index contributed by atoms with van der Waals surface area (Å²) in [5.74, 6) is -2.55. The van der Waals surface area contributed by atoms with Gasteiger partial charge >= 0.3 is 12.1 Å². The van der Waals surface area contributed by atoms with Gasteiger partial charge in [-0.25, -0.2) is 14.5 Å². The lowest BCUT2D eigenvalue weighted by Gasteiger charge is -2.28. The average Bonchev–Trinajstić information content (AvgIpc) is 2.30. The molecule has 3 N–H and O–H groups in total. The summed E-state index contributed by atoms with van der Waals surface area (Å²) in [5, 5.41) is 9.07. The Morgan fingerprint density at radius 1 is 1.44 bits per heavy atom. The van der Waals surface area contributed by atoms with E-state index in [0.717, 1.165) is 0 Å². The molecule has 0 radical (unpaired) electrons. The summed E-state index contributed by atoms with van der Waals surface area (Å²) in [6.07, 6.45) is 0.278. The van der Waals surface area contributed by atoms with E-state index < -0.39 is 36.5 Å². The van der Waals surface area contributed by atoms with Gasteiger partial charge in [-0.15, -0.1) is 0 Å². The highest BCUT2D eigenvalue weighted by molar-refractivity contribution is 5.97. The van der Waals surface area contributed by atoms with Crippen molar-refractivity contribution in [1.82, 2.24) is 4.90 Å². The Morgan fingerprint density at radius 2 is 2.00 bits per heavy atom. The van der Waals surface area contributed by atoms with E-state index in [1.807, 2.05) is 0 Å². The van der Waals surface area contributed by atoms with Crippen LogP contribution in [0.1, 0.15) is 13.8 Å². The zero-order valence-corrected chi connectivity index (χ0v) is 10.5. The van der Waals surface area contributed by atoms with Crippen LogP contribution in [0.25, 0.3) is 0 Å². The van der Waals surface area contributed by atoms with Crippen LogP contribution in [0.5, 0.6) is 0 Å². The van der Waals surface area contributed by atoms with Gasteiger partial charge in [0.25, 0.3) is 0 Å². The Balaban J connectivity index is 5.18. The smallest absolute Gasteiger partial charge is 0.417 e. The van der Waals surface area contributed by atoms with Crippen molar-refractivity contribution in [3.63, 3.8) is 0 Å². The van der Waals surface area contributed by atoms with Crippen LogP contribution in [0, 0.1) is 5.92 Å². The number of nitrogens with two attached hydrogens (primary N) is 1. The molecule has 0 aliphatic carbocycles. The van der Waals surface area contributed by atoms with E-state index in [1.165, 1.54) is 6.08 Å². The SMILES string of the molecule is C=CCOC(=O)N(C(=O)CN)[C@@H](C(=O)O)C(C)C. The Morgan fingerprint density at radius 3 is 2.33 bits per heavy atom. The molecule has 0 aromatic heterocycles. The van der Waals surface area contributed by atoms with Crippen molar-refractivity contribution in [2.45, 2.75) is 19.9 Å². The molecule has 102 valence electrons. The summed E-state index contributed by atoms with van der Waals surface area (Å²) in [5.41, 5.74) is 5.17. The van der Waals surface area contributed by atoms with E-state index in [4.69, 9.17) is 10.8 Å².